The molecule has 6 nitrogen and oxygen atoms in total. The van der Waals surface area contributed by atoms with E-state index in [-0.39, 0.29) is 10.5 Å². The first-order chi connectivity index (χ1) is 10.9. The smallest absolute Gasteiger partial charge is 0.274 e. The molecule has 0 aliphatic heterocycles. The average Bonchev–Trinajstić information content (AvgIpc) is 2.54. The van der Waals surface area contributed by atoms with Crippen molar-refractivity contribution in [3.63, 3.8) is 0 Å². The zero-order valence-electron chi connectivity index (χ0n) is 12.2. The van der Waals surface area contributed by atoms with Crippen LogP contribution in [0.25, 0.3) is 0 Å². The van der Waals surface area contributed by atoms with Crippen LogP contribution in [-0.4, -0.2) is 20.9 Å². The molecule has 122 valence electrons. The second kappa shape index (κ2) is 7.58. The molecule has 0 bridgehead atoms. The molecule has 0 aromatic heterocycles. The van der Waals surface area contributed by atoms with Crippen molar-refractivity contribution in [3.8, 4) is 0 Å². The lowest BCUT2D eigenvalue weighted by Crippen LogP contribution is -2.24. The van der Waals surface area contributed by atoms with Crippen LogP contribution in [0.5, 0.6) is 0 Å². The maximum atomic E-state index is 12.4. The molecule has 2 N–H and O–H groups in total. The van der Waals surface area contributed by atoms with Crippen LogP contribution in [0.15, 0.2) is 57.9 Å². The lowest BCUT2D eigenvalue weighted by atomic mass is 10.2. The fourth-order valence-corrected chi connectivity index (χ4v) is 3.10. The lowest BCUT2D eigenvalue weighted by molar-refractivity contribution is 0.0364. The molecule has 1 amide bonds. The number of anilines is 1. The number of hydrogen-bond acceptors (Lipinski definition) is 4. The van der Waals surface area contributed by atoms with Crippen molar-refractivity contribution in [3.05, 3.63) is 58.6 Å². The molecular weight excluding hydrogens is 384 g/mol. The topological polar surface area (TPSA) is 84.5 Å². The van der Waals surface area contributed by atoms with Crippen LogP contribution >= 0.6 is 15.9 Å². The van der Waals surface area contributed by atoms with Crippen molar-refractivity contribution in [1.82, 2.24) is 5.48 Å². The van der Waals surface area contributed by atoms with E-state index in [0.717, 1.165) is 4.47 Å². The maximum Gasteiger partial charge on any atom is 0.274 e. The summed E-state index contributed by atoms with van der Waals surface area (Å²) in [4.78, 5) is 16.6. The Morgan fingerprint density at radius 2 is 1.87 bits per heavy atom. The van der Waals surface area contributed by atoms with Crippen molar-refractivity contribution in [2.24, 2.45) is 0 Å². The van der Waals surface area contributed by atoms with Crippen molar-refractivity contribution in [2.45, 2.75) is 11.8 Å². The van der Waals surface area contributed by atoms with E-state index in [0.29, 0.717) is 12.3 Å². The molecule has 0 unspecified atom stereocenters. The Hall–Kier alpha value is -1.90. The standard InChI is InChI=1S/C15H15BrN2O4S/c1-2-22-17-15(19)11-4-3-5-14(10-11)23(20,21)18-13-8-6-12(16)7-9-13/h3-10,18H,2H2,1H3,(H,17,19). The Labute approximate surface area is 143 Å². The quantitative estimate of drug-likeness (QED) is 0.732. The summed E-state index contributed by atoms with van der Waals surface area (Å²) in [6.07, 6.45) is 0. The fraction of sp³-hybridized carbons (Fsp3) is 0.133. The number of halogens is 1. The first-order valence-corrected chi connectivity index (χ1v) is 9.00. The predicted octanol–water partition coefficient (Wildman–Crippen LogP) is 2.93. The van der Waals surface area contributed by atoms with Gasteiger partial charge in [-0.1, -0.05) is 22.0 Å². The summed E-state index contributed by atoms with van der Waals surface area (Å²) in [5, 5.41) is 0. The minimum Gasteiger partial charge on any atom is -0.280 e. The average molecular weight is 399 g/mol. The second-order valence-electron chi connectivity index (χ2n) is 4.50. The van der Waals surface area contributed by atoms with Gasteiger partial charge in [0.1, 0.15) is 0 Å². The van der Waals surface area contributed by atoms with Gasteiger partial charge in [-0.05, 0) is 49.4 Å². The summed E-state index contributed by atoms with van der Waals surface area (Å²) in [5.41, 5.74) is 2.84. The van der Waals surface area contributed by atoms with E-state index in [4.69, 9.17) is 4.84 Å². The number of rotatable bonds is 6. The summed E-state index contributed by atoms with van der Waals surface area (Å²) in [6.45, 7) is 2.04. The number of nitrogens with one attached hydrogen (secondary N) is 2. The van der Waals surface area contributed by atoms with Gasteiger partial charge in [0.15, 0.2) is 0 Å². The van der Waals surface area contributed by atoms with Crippen molar-refractivity contribution < 1.29 is 18.0 Å². The molecule has 0 fully saturated rings. The van der Waals surface area contributed by atoms with Crippen LogP contribution in [0.4, 0.5) is 5.69 Å². The van der Waals surface area contributed by atoms with E-state index in [1.165, 1.54) is 24.3 Å². The van der Waals surface area contributed by atoms with Crippen LogP contribution in [-0.2, 0) is 14.9 Å². The number of hydrogen-bond donors (Lipinski definition) is 2. The Balaban J connectivity index is 2.22. The lowest BCUT2D eigenvalue weighted by Gasteiger charge is -2.09. The van der Waals surface area contributed by atoms with Gasteiger partial charge in [-0.25, -0.2) is 13.9 Å². The largest absolute Gasteiger partial charge is 0.280 e. The number of benzene rings is 2. The fourth-order valence-electron chi connectivity index (χ4n) is 1.73. The molecule has 23 heavy (non-hydrogen) atoms. The number of hydroxylamine groups is 1. The highest BCUT2D eigenvalue weighted by Gasteiger charge is 2.16. The van der Waals surface area contributed by atoms with Gasteiger partial charge < -0.3 is 0 Å². The van der Waals surface area contributed by atoms with Crippen molar-refractivity contribution in [2.75, 3.05) is 11.3 Å². The molecule has 8 heteroatoms. The third-order valence-electron chi connectivity index (χ3n) is 2.81. The van der Waals surface area contributed by atoms with Gasteiger partial charge in [0, 0.05) is 15.7 Å². The van der Waals surface area contributed by atoms with Crippen LogP contribution in [0.3, 0.4) is 0 Å². The highest BCUT2D eigenvalue weighted by Crippen LogP contribution is 2.19. The number of carbonyl (C=O) groups excluding carboxylic acids is 1. The zero-order valence-corrected chi connectivity index (χ0v) is 14.6. The zero-order chi connectivity index (χ0) is 16.9. The minimum absolute atomic E-state index is 0.00966. The molecule has 0 aliphatic carbocycles. The molecule has 0 spiro atoms. The molecule has 0 heterocycles. The van der Waals surface area contributed by atoms with E-state index < -0.39 is 15.9 Å². The maximum absolute atomic E-state index is 12.4. The number of sulfonamides is 1. The highest BCUT2D eigenvalue weighted by atomic mass is 79.9. The van der Waals surface area contributed by atoms with Gasteiger partial charge in [-0.15, -0.1) is 0 Å². The molecule has 0 saturated heterocycles. The molecular formula is C15H15BrN2O4S. The molecule has 2 aromatic carbocycles. The van der Waals surface area contributed by atoms with Gasteiger partial charge in [0.25, 0.3) is 15.9 Å². The highest BCUT2D eigenvalue weighted by molar-refractivity contribution is 9.10. The third kappa shape index (κ3) is 4.78. The summed E-state index contributed by atoms with van der Waals surface area (Å²) in [5.74, 6) is -0.507. The van der Waals surface area contributed by atoms with Crippen LogP contribution in [0, 0.1) is 0 Å². The number of amides is 1. The summed E-state index contributed by atoms with van der Waals surface area (Å²) < 4.78 is 28.1. The van der Waals surface area contributed by atoms with Crippen molar-refractivity contribution in [1.29, 1.82) is 0 Å². The number of carbonyl (C=O) groups is 1. The van der Waals surface area contributed by atoms with Gasteiger partial charge in [0.05, 0.1) is 11.5 Å². The van der Waals surface area contributed by atoms with Gasteiger partial charge in [-0.2, -0.15) is 0 Å². The van der Waals surface area contributed by atoms with E-state index in [1.54, 1.807) is 31.2 Å². The van der Waals surface area contributed by atoms with E-state index in [2.05, 4.69) is 26.1 Å². The first kappa shape index (κ1) is 17.5. The summed E-state index contributed by atoms with van der Waals surface area (Å²) in [7, 11) is -3.79. The van der Waals surface area contributed by atoms with Crippen LogP contribution in [0.2, 0.25) is 0 Å². The second-order valence-corrected chi connectivity index (χ2v) is 7.10. The van der Waals surface area contributed by atoms with Gasteiger partial charge in [0.2, 0.25) is 0 Å². The molecule has 0 radical (unpaired) electrons. The van der Waals surface area contributed by atoms with E-state index in [9.17, 15) is 13.2 Å². The van der Waals surface area contributed by atoms with E-state index in [1.807, 2.05) is 0 Å². The molecule has 2 aromatic rings. The van der Waals surface area contributed by atoms with E-state index >= 15 is 0 Å². The first-order valence-electron chi connectivity index (χ1n) is 6.73. The van der Waals surface area contributed by atoms with Crippen molar-refractivity contribution >= 4 is 37.5 Å². The van der Waals surface area contributed by atoms with Gasteiger partial charge in [-0.3, -0.25) is 14.4 Å². The Kier molecular flexibility index (Phi) is 5.75. The summed E-state index contributed by atoms with van der Waals surface area (Å²) in [6, 6.07) is 12.4. The summed E-state index contributed by atoms with van der Waals surface area (Å²) >= 11 is 3.28. The Bertz CT molecular complexity index is 791. The Morgan fingerprint density at radius 1 is 1.17 bits per heavy atom. The normalized spacial score (nSPS) is 11.0. The predicted molar refractivity (Wildman–Crippen MR) is 90.5 cm³/mol. The Morgan fingerprint density at radius 3 is 2.52 bits per heavy atom. The molecule has 2 rings (SSSR count). The monoisotopic (exact) mass is 398 g/mol. The minimum atomic E-state index is -3.79. The molecule has 0 atom stereocenters. The molecule has 0 saturated carbocycles. The van der Waals surface area contributed by atoms with Crippen LogP contribution < -0.4 is 10.2 Å². The SMILES string of the molecule is CCONC(=O)c1cccc(S(=O)(=O)Nc2ccc(Br)cc2)c1. The third-order valence-corrected chi connectivity index (χ3v) is 4.72. The van der Waals surface area contributed by atoms with Crippen LogP contribution in [0.1, 0.15) is 17.3 Å². The van der Waals surface area contributed by atoms with Gasteiger partial charge >= 0.3 is 0 Å². The molecule has 0 aliphatic rings.